The molecule has 1 saturated heterocycles. The summed E-state index contributed by atoms with van der Waals surface area (Å²) in [5.74, 6) is -2.21. The van der Waals surface area contributed by atoms with Gasteiger partial charge in [-0.25, -0.2) is 4.79 Å². The van der Waals surface area contributed by atoms with Crippen LogP contribution in [0, 0.1) is 17.8 Å². The Morgan fingerprint density at radius 2 is 1.81 bits per heavy atom. The van der Waals surface area contributed by atoms with Gasteiger partial charge in [0.2, 0.25) is 6.29 Å². The van der Waals surface area contributed by atoms with E-state index in [-0.39, 0.29) is 24.0 Å². The van der Waals surface area contributed by atoms with E-state index in [2.05, 4.69) is 0 Å². The quantitative estimate of drug-likeness (QED) is 0.309. The zero-order valence-electron chi connectivity index (χ0n) is 13.9. The normalized spacial score (nSPS) is 45.6. The second-order valence-corrected chi connectivity index (χ2v) is 6.92. The first-order valence-corrected chi connectivity index (χ1v) is 8.54. The van der Waals surface area contributed by atoms with Gasteiger partial charge >= 0.3 is 5.97 Å². The number of aliphatic carboxylic acids is 1. The molecule has 0 radical (unpaired) electrons. The van der Waals surface area contributed by atoms with E-state index in [4.69, 9.17) is 14.2 Å². The third kappa shape index (κ3) is 3.33. The van der Waals surface area contributed by atoms with E-state index in [0.29, 0.717) is 12.8 Å². The zero-order valence-corrected chi connectivity index (χ0v) is 13.9. The summed E-state index contributed by atoms with van der Waals surface area (Å²) >= 11 is 0. The van der Waals surface area contributed by atoms with Crippen LogP contribution < -0.4 is 0 Å². The van der Waals surface area contributed by atoms with Gasteiger partial charge in [-0.1, -0.05) is 0 Å². The summed E-state index contributed by atoms with van der Waals surface area (Å²) in [6, 6.07) is 0. The lowest BCUT2D eigenvalue weighted by Gasteiger charge is -2.43. The van der Waals surface area contributed by atoms with Crippen LogP contribution in [0.15, 0.2) is 11.8 Å². The molecule has 148 valence electrons. The van der Waals surface area contributed by atoms with Crippen molar-refractivity contribution in [3.8, 4) is 0 Å². The average Bonchev–Trinajstić information content (AvgIpc) is 3.06. The summed E-state index contributed by atoms with van der Waals surface area (Å²) in [7, 11) is 0. The Hall–Kier alpha value is -1.27. The van der Waals surface area contributed by atoms with Crippen LogP contribution in [0.2, 0.25) is 0 Å². The second-order valence-electron chi connectivity index (χ2n) is 6.92. The maximum atomic E-state index is 11.4. The van der Waals surface area contributed by atoms with Crippen LogP contribution in [-0.2, 0) is 19.0 Å². The molecule has 0 spiro atoms. The van der Waals surface area contributed by atoms with E-state index in [1.807, 2.05) is 0 Å². The largest absolute Gasteiger partial charge is 0.478 e. The number of ether oxygens (including phenoxy) is 3. The lowest BCUT2D eigenvalue weighted by atomic mass is 9.83. The summed E-state index contributed by atoms with van der Waals surface area (Å²) in [6.45, 7) is -0.767. The van der Waals surface area contributed by atoms with Crippen molar-refractivity contribution in [1.82, 2.24) is 0 Å². The van der Waals surface area contributed by atoms with Crippen molar-refractivity contribution in [3.05, 3.63) is 11.8 Å². The topological polar surface area (TPSA) is 166 Å². The maximum Gasteiger partial charge on any atom is 0.334 e. The number of rotatable bonds is 5. The SMILES string of the molecule is O=C(O)C1=CO[C@@H](O[C@@H]2O[C@H](CO)[C@@H](O)[C@H](O)[C@H]2O)[C@H]2[C@@H](CO)CC[C@H]12. The Morgan fingerprint density at radius 3 is 2.42 bits per heavy atom. The minimum absolute atomic E-state index is 0.0969. The molecule has 0 unspecified atom stereocenters. The van der Waals surface area contributed by atoms with Gasteiger partial charge < -0.3 is 44.8 Å². The van der Waals surface area contributed by atoms with Gasteiger partial charge in [-0.05, 0) is 18.8 Å². The van der Waals surface area contributed by atoms with Crippen LogP contribution in [0.1, 0.15) is 12.8 Å². The lowest BCUT2D eigenvalue weighted by Crippen LogP contribution is -2.60. The van der Waals surface area contributed by atoms with Crippen molar-refractivity contribution >= 4 is 5.97 Å². The molecule has 2 fully saturated rings. The van der Waals surface area contributed by atoms with Crippen LogP contribution >= 0.6 is 0 Å². The van der Waals surface area contributed by atoms with E-state index >= 15 is 0 Å². The van der Waals surface area contributed by atoms with Crippen molar-refractivity contribution in [2.24, 2.45) is 17.8 Å². The third-order valence-corrected chi connectivity index (χ3v) is 5.50. The number of hydrogen-bond donors (Lipinski definition) is 6. The predicted molar refractivity (Wildman–Crippen MR) is 82.2 cm³/mol. The Bertz CT molecular complexity index is 549. The summed E-state index contributed by atoms with van der Waals surface area (Å²) in [5.41, 5.74) is 0.0969. The van der Waals surface area contributed by atoms with Crippen LogP contribution in [0.25, 0.3) is 0 Å². The molecule has 26 heavy (non-hydrogen) atoms. The van der Waals surface area contributed by atoms with Crippen molar-refractivity contribution in [2.75, 3.05) is 13.2 Å². The van der Waals surface area contributed by atoms with Gasteiger partial charge in [0.15, 0.2) is 6.29 Å². The minimum Gasteiger partial charge on any atom is -0.478 e. The molecule has 1 saturated carbocycles. The summed E-state index contributed by atoms with van der Waals surface area (Å²) < 4.78 is 16.4. The molecule has 10 heteroatoms. The van der Waals surface area contributed by atoms with Crippen molar-refractivity contribution in [2.45, 2.75) is 49.8 Å². The molecule has 0 bridgehead atoms. The summed E-state index contributed by atoms with van der Waals surface area (Å²) in [4.78, 5) is 11.4. The number of carbonyl (C=O) groups is 1. The molecule has 2 heterocycles. The van der Waals surface area contributed by atoms with E-state index in [1.165, 1.54) is 0 Å². The molecule has 0 aromatic carbocycles. The van der Waals surface area contributed by atoms with Crippen molar-refractivity contribution in [1.29, 1.82) is 0 Å². The first-order chi connectivity index (χ1) is 12.4. The summed E-state index contributed by atoms with van der Waals surface area (Å²) in [6.07, 6.45) is -5.98. The first-order valence-electron chi connectivity index (χ1n) is 8.54. The number of hydrogen-bond acceptors (Lipinski definition) is 9. The van der Waals surface area contributed by atoms with Crippen LogP contribution in [0.5, 0.6) is 0 Å². The maximum absolute atomic E-state index is 11.4. The average molecular weight is 376 g/mol. The number of carboxylic acids is 1. The Morgan fingerprint density at radius 1 is 1.08 bits per heavy atom. The number of aliphatic hydroxyl groups is 5. The molecule has 0 aromatic rings. The highest BCUT2D eigenvalue weighted by Gasteiger charge is 2.51. The van der Waals surface area contributed by atoms with Crippen LogP contribution in [-0.4, -0.2) is 86.8 Å². The smallest absolute Gasteiger partial charge is 0.334 e. The van der Waals surface area contributed by atoms with Crippen molar-refractivity contribution < 1.29 is 49.6 Å². The van der Waals surface area contributed by atoms with Gasteiger partial charge in [0, 0.05) is 18.4 Å². The molecule has 3 aliphatic rings. The highest BCUT2D eigenvalue weighted by atomic mass is 16.8. The molecular formula is C16H24O10. The predicted octanol–water partition coefficient (Wildman–Crippen LogP) is -2.24. The number of fused-ring (bicyclic) bond motifs is 1. The van der Waals surface area contributed by atoms with E-state index in [0.717, 1.165) is 6.26 Å². The standard InChI is InChI=1S/C16H24O10/c17-3-6-1-2-7-8(14(22)23)5-24-15(10(6)7)26-16-13(21)12(20)11(19)9(4-18)25-16/h5-7,9-13,15-21H,1-4H2,(H,22,23)/t6-,7-,9-,10+,11-,12+,13-,15+,16+/m1/s1. The number of aliphatic hydroxyl groups excluding tert-OH is 5. The van der Waals surface area contributed by atoms with E-state index < -0.39 is 55.5 Å². The number of carboxylic acid groups (broad SMARTS) is 1. The van der Waals surface area contributed by atoms with Crippen LogP contribution in [0.4, 0.5) is 0 Å². The van der Waals surface area contributed by atoms with Gasteiger partial charge in [0.1, 0.15) is 24.4 Å². The molecule has 6 N–H and O–H groups in total. The molecule has 10 nitrogen and oxygen atoms in total. The Balaban J connectivity index is 1.79. The molecule has 1 aliphatic carbocycles. The molecule has 9 atom stereocenters. The molecule has 3 rings (SSSR count). The monoisotopic (exact) mass is 376 g/mol. The van der Waals surface area contributed by atoms with Gasteiger partial charge in [-0.3, -0.25) is 0 Å². The van der Waals surface area contributed by atoms with Gasteiger partial charge in [-0.15, -0.1) is 0 Å². The van der Waals surface area contributed by atoms with Crippen molar-refractivity contribution in [3.63, 3.8) is 0 Å². The second kappa shape index (κ2) is 7.77. The molecule has 0 aromatic heterocycles. The van der Waals surface area contributed by atoms with E-state index in [1.54, 1.807) is 0 Å². The first kappa shape index (κ1) is 19.5. The fraction of sp³-hybridized carbons (Fsp3) is 0.812. The van der Waals surface area contributed by atoms with E-state index in [9.17, 15) is 35.4 Å². The van der Waals surface area contributed by atoms with Crippen LogP contribution in [0.3, 0.4) is 0 Å². The Kier molecular flexibility index (Phi) is 5.82. The minimum atomic E-state index is -1.59. The third-order valence-electron chi connectivity index (χ3n) is 5.50. The molecular weight excluding hydrogens is 352 g/mol. The summed E-state index contributed by atoms with van der Waals surface area (Å²) in [5, 5.41) is 57.9. The fourth-order valence-electron chi connectivity index (χ4n) is 4.06. The highest BCUT2D eigenvalue weighted by molar-refractivity contribution is 5.87. The fourth-order valence-corrected chi connectivity index (χ4v) is 4.06. The lowest BCUT2D eigenvalue weighted by molar-refractivity contribution is -0.342. The van der Waals surface area contributed by atoms with Gasteiger partial charge in [0.25, 0.3) is 0 Å². The Labute approximate surface area is 149 Å². The highest BCUT2D eigenvalue weighted by Crippen LogP contribution is 2.47. The van der Waals surface area contributed by atoms with Gasteiger partial charge in [-0.2, -0.15) is 0 Å². The molecule has 2 aliphatic heterocycles. The zero-order chi connectivity index (χ0) is 19.0. The van der Waals surface area contributed by atoms with Gasteiger partial charge in [0.05, 0.1) is 18.4 Å². The molecule has 0 amide bonds.